The molecule has 2 N–H and O–H groups in total. The van der Waals surface area contributed by atoms with Crippen molar-refractivity contribution in [3.63, 3.8) is 0 Å². The summed E-state index contributed by atoms with van der Waals surface area (Å²) in [6, 6.07) is 11.6. The van der Waals surface area contributed by atoms with E-state index in [2.05, 4.69) is 20.5 Å². The minimum atomic E-state index is -0.526. The molecule has 0 aliphatic rings. The van der Waals surface area contributed by atoms with Crippen molar-refractivity contribution in [1.29, 1.82) is 0 Å². The van der Waals surface area contributed by atoms with Crippen molar-refractivity contribution in [3.8, 4) is 5.75 Å². The van der Waals surface area contributed by atoms with Gasteiger partial charge in [-0.15, -0.1) is 5.10 Å². The molecule has 2 aromatic heterocycles. The summed E-state index contributed by atoms with van der Waals surface area (Å²) in [6.07, 6.45) is 0. The van der Waals surface area contributed by atoms with Gasteiger partial charge in [0.2, 0.25) is 11.7 Å². The molecule has 2 aromatic carbocycles. The number of nitrogens with zero attached hydrogens (tertiary/aromatic N) is 4. The molecule has 0 aliphatic heterocycles. The van der Waals surface area contributed by atoms with Gasteiger partial charge in [-0.1, -0.05) is 23.9 Å². The van der Waals surface area contributed by atoms with Gasteiger partial charge in [-0.05, 0) is 18.2 Å². The van der Waals surface area contributed by atoms with Gasteiger partial charge in [0.15, 0.2) is 5.16 Å². The van der Waals surface area contributed by atoms with Crippen LogP contribution in [-0.2, 0) is 4.79 Å². The van der Waals surface area contributed by atoms with Crippen molar-refractivity contribution < 1.29 is 14.5 Å². The van der Waals surface area contributed by atoms with Crippen LogP contribution in [0.2, 0.25) is 0 Å². The molecule has 0 saturated heterocycles. The summed E-state index contributed by atoms with van der Waals surface area (Å²) in [6.45, 7) is 0. The number of nitro groups is 1. The zero-order valence-electron chi connectivity index (χ0n) is 14.6. The van der Waals surface area contributed by atoms with Crippen molar-refractivity contribution in [2.24, 2.45) is 0 Å². The Balaban J connectivity index is 1.49. The predicted octanol–water partition coefficient (Wildman–Crippen LogP) is 2.86. The van der Waals surface area contributed by atoms with E-state index in [4.69, 9.17) is 4.74 Å². The molecule has 28 heavy (non-hydrogen) atoms. The SMILES string of the molecule is COc1cc([N+](=O)[O-])ccc1NC(=O)CSc1n[nH]c2nc3ccccc3n12. The number of carbonyl (C=O) groups excluding carboxylic acids is 1. The number of carbonyl (C=O) groups is 1. The molecular formula is C17H14N6O4S. The summed E-state index contributed by atoms with van der Waals surface area (Å²) in [5.74, 6) is 0.612. The van der Waals surface area contributed by atoms with Gasteiger partial charge in [-0.2, -0.15) is 0 Å². The summed E-state index contributed by atoms with van der Waals surface area (Å²) in [4.78, 5) is 27.1. The fourth-order valence-corrected chi connectivity index (χ4v) is 3.51. The lowest BCUT2D eigenvalue weighted by molar-refractivity contribution is -0.384. The number of H-pyrrole nitrogens is 1. The molecule has 1 amide bonds. The highest BCUT2D eigenvalue weighted by molar-refractivity contribution is 7.99. The maximum absolute atomic E-state index is 12.3. The molecular weight excluding hydrogens is 384 g/mol. The lowest BCUT2D eigenvalue weighted by atomic mass is 10.2. The average molecular weight is 398 g/mol. The standard InChI is InChI=1S/C17H14N6O4S/c1-27-14-8-10(23(25)26)6-7-12(14)18-15(24)9-28-17-21-20-16-19-11-4-2-3-5-13(11)22(16)17/h2-8H,9H2,1H3,(H,18,24)(H,19,20). The number of imidazole rings is 1. The van der Waals surface area contributed by atoms with Crippen LogP contribution >= 0.6 is 11.8 Å². The molecule has 0 bridgehead atoms. The minimum absolute atomic E-state index is 0.0899. The highest BCUT2D eigenvalue weighted by atomic mass is 32.2. The molecule has 0 spiro atoms. The van der Waals surface area contributed by atoms with Gasteiger partial charge in [0.1, 0.15) is 5.75 Å². The second-order valence-electron chi connectivity index (χ2n) is 5.74. The van der Waals surface area contributed by atoms with Crippen LogP contribution in [0.25, 0.3) is 16.8 Å². The molecule has 0 unspecified atom stereocenters. The van der Waals surface area contributed by atoms with E-state index in [0.717, 1.165) is 11.0 Å². The van der Waals surface area contributed by atoms with Gasteiger partial charge < -0.3 is 10.1 Å². The van der Waals surface area contributed by atoms with Crippen LogP contribution in [-0.4, -0.2) is 43.3 Å². The zero-order chi connectivity index (χ0) is 19.7. The van der Waals surface area contributed by atoms with Crippen molar-refractivity contribution in [2.75, 3.05) is 18.2 Å². The van der Waals surface area contributed by atoms with Crippen LogP contribution in [0, 0.1) is 10.1 Å². The summed E-state index contributed by atoms with van der Waals surface area (Å²) in [5.41, 5.74) is 1.97. The molecule has 4 rings (SSSR count). The Hall–Kier alpha value is -3.60. The fourth-order valence-electron chi connectivity index (χ4n) is 2.75. The van der Waals surface area contributed by atoms with Gasteiger partial charge in [0.05, 0.1) is 40.6 Å². The first-order valence-electron chi connectivity index (χ1n) is 8.13. The highest BCUT2D eigenvalue weighted by Crippen LogP contribution is 2.29. The molecule has 4 aromatic rings. The number of nitro benzene ring substituents is 1. The van der Waals surface area contributed by atoms with E-state index >= 15 is 0 Å². The normalized spacial score (nSPS) is 11.0. The number of hydrogen-bond donors (Lipinski definition) is 2. The number of fused-ring (bicyclic) bond motifs is 3. The third-order valence-electron chi connectivity index (χ3n) is 4.01. The number of aromatic nitrogens is 4. The van der Waals surface area contributed by atoms with E-state index in [1.807, 2.05) is 28.7 Å². The zero-order valence-corrected chi connectivity index (χ0v) is 15.4. The lowest BCUT2D eigenvalue weighted by Crippen LogP contribution is -2.15. The lowest BCUT2D eigenvalue weighted by Gasteiger charge is -2.09. The highest BCUT2D eigenvalue weighted by Gasteiger charge is 2.16. The first-order chi connectivity index (χ1) is 13.6. The molecule has 0 atom stereocenters. The predicted molar refractivity (Wildman–Crippen MR) is 104 cm³/mol. The topological polar surface area (TPSA) is 127 Å². The van der Waals surface area contributed by atoms with Crippen LogP contribution < -0.4 is 10.1 Å². The third kappa shape index (κ3) is 3.22. The van der Waals surface area contributed by atoms with E-state index in [9.17, 15) is 14.9 Å². The van der Waals surface area contributed by atoms with Gasteiger partial charge >= 0.3 is 0 Å². The van der Waals surface area contributed by atoms with Gasteiger partial charge in [-0.25, -0.2) is 10.1 Å². The second kappa shape index (κ2) is 7.19. The Morgan fingerprint density at radius 3 is 2.96 bits per heavy atom. The number of amides is 1. The summed E-state index contributed by atoms with van der Waals surface area (Å²) in [7, 11) is 1.38. The number of aromatic amines is 1. The maximum Gasteiger partial charge on any atom is 0.273 e. The number of rotatable bonds is 6. The first kappa shape index (κ1) is 17.8. The molecule has 11 heteroatoms. The van der Waals surface area contributed by atoms with Crippen LogP contribution in [0.15, 0.2) is 47.6 Å². The molecule has 0 fully saturated rings. The van der Waals surface area contributed by atoms with Crippen LogP contribution in [0.4, 0.5) is 11.4 Å². The van der Waals surface area contributed by atoms with E-state index in [0.29, 0.717) is 16.6 Å². The number of ether oxygens (including phenoxy) is 1. The number of para-hydroxylation sites is 2. The van der Waals surface area contributed by atoms with Gasteiger partial charge in [0.25, 0.3) is 5.69 Å². The molecule has 0 aliphatic carbocycles. The summed E-state index contributed by atoms with van der Waals surface area (Å²) < 4.78 is 6.97. The Kier molecular flexibility index (Phi) is 4.57. The van der Waals surface area contributed by atoms with Crippen molar-refractivity contribution in [2.45, 2.75) is 5.16 Å². The quantitative estimate of drug-likeness (QED) is 0.290. The number of anilines is 1. The van der Waals surface area contributed by atoms with Crippen LogP contribution in [0.5, 0.6) is 5.75 Å². The number of nitrogens with one attached hydrogen (secondary N) is 2. The number of hydrogen-bond acceptors (Lipinski definition) is 7. The van der Waals surface area contributed by atoms with E-state index in [1.165, 1.54) is 37.1 Å². The number of non-ortho nitro benzene ring substituents is 1. The molecule has 10 nitrogen and oxygen atoms in total. The number of benzene rings is 2. The maximum atomic E-state index is 12.3. The Morgan fingerprint density at radius 1 is 1.36 bits per heavy atom. The third-order valence-corrected chi connectivity index (χ3v) is 4.94. The number of thioether (sulfide) groups is 1. The Labute approximate surface area is 162 Å². The molecule has 142 valence electrons. The van der Waals surface area contributed by atoms with Crippen molar-refractivity contribution in [3.05, 3.63) is 52.6 Å². The summed E-state index contributed by atoms with van der Waals surface area (Å²) in [5, 5.41) is 21.2. The van der Waals surface area contributed by atoms with Crippen LogP contribution in [0.1, 0.15) is 0 Å². The van der Waals surface area contributed by atoms with E-state index < -0.39 is 4.92 Å². The smallest absolute Gasteiger partial charge is 0.273 e. The van der Waals surface area contributed by atoms with Crippen LogP contribution in [0.3, 0.4) is 0 Å². The summed E-state index contributed by atoms with van der Waals surface area (Å²) >= 11 is 1.24. The average Bonchev–Trinajstić information content (AvgIpc) is 3.25. The van der Waals surface area contributed by atoms with E-state index in [-0.39, 0.29) is 23.1 Å². The van der Waals surface area contributed by atoms with Crippen molar-refractivity contribution >= 4 is 45.9 Å². The fraction of sp³-hybridized carbons (Fsp3) is 0.118. The van der Waals surface area contributed by atoms with Gasteiger partial charge in [0, 0.05) is 6.07 Å². The Morgan fingerprint density at radius 2 is 2.18 bits per heavy atom. The van der Waals surface area contributed by atoms with Gasteiger partial charge in [-0.3, -0.25) is 19.3 Å². The number of methoxy groups -OCH3 is 1. The Bertz CT molecular complexity index is 1200. The first-order valence-corrected chi connectivity index (χ1v) is 9.12. The van der Waals surface area contributed by atoms with Crippen molar-refractivity contribution in [1.82, 2.24) is 19.6 Å². The minimum Gasteiger partial charge on any atom is -0.494 e. The molecule has 0 radical (unpaired) electrons. The second-order valence-corrected chi connectivity index (χ2v) is 6.69. The largest absolute Gasteiger partial charge is 0.494 e. The monoisotopic (exact) mass is 398 g/mol. The molecule has 2 heterocycles. The molecule has 0 saturated carbocycles. The van der Waals surface area contributed by atoms with E-state index in [1.54, 1.807) is 0 Å².